The number of hydrogen-bond donors (Lipinski definition) is 1. The molecule has 1 aliphatic heterocycles. The molecule has 1 aliphatic rings. The molecule has 1 heterocycles. The van der Waals surface area contributed by atoms with Crippen molar-refractivity contribution in [3.05, 3.63) is 29.6 Å². The van der Waals surface area contributed by atoms with Gasteiger partial charge in [-0.3, -0.25) is 0 Å². The van der Waals surface area contributed by atoms with Gasteiger partial charge >= 0.3 is 0 Å². The fraction of sp³-hybridized carbons (Fsp3) is 0.500. The van der Waals surface area contributed by atoms with Crippen LogP contribution >= 0.6 is 11.8 Å². The predicted octanol–water partition coefficient (Wildman–Crippen LogP) is 2.56. The summed E-state index contributed by atoms with van der Waals surface area (Å²) in [5.74, 6) is 0.657. The zero-order chi connectivity index (χ0) is 11.4. The minimum Gasteiger partial charge on any atom is -0.377 e. The minimum atomic E-state index is -0.175. The lowest BCUT2D eigenvalue weighted by molar-refractivity contribution is 0.129. The molecular weight excluding hydrogens is 225 g/mol. The average molecular weight is 241 g/mol. The van der Waals surface area contributed by atoms with Crippen molar-refractivity contribution in [1.29, 1.82) is 0 Å². The van der Waals surface area contributed by atoms with Crippen LogP contribution in [0.3, 0.4) is 0 Å². The minimum absolute atomic E-state index is 0.175. The van der Waals surface area contributed by atoms with Crippen LogP contribution in [0.4, 0.5) is 4.39 Å². The Morgan fingerprint density at radius 2 is 2.38 bits per heavy atom. The van der Waals surface area contributed by atoms with Crippen LogP contribution < -0.4 is 5.73 Å². The summed E-state index contributed by atoms with van der Waals surface area (Å²) in [6, 6.07) is 5.19. The zero-order valence-electron chi connectivity index (χ0n) is 9.12. The van der Waals surface area contributed by atoms with Crippen LogP contribution in [0.5, 0.6) is 0 Å². The molecule has 1 aromatic carbocycles. The Balaban J connectivity index is 1.93. The van der Waals surface area contributed by atoms with Gasteiger partial charge in [0.25, 0.3) is 0 Å². The highest BCUT2D eigenvalue weighted by Crippen LogP contribution is 2.26. The van der Waals surface area contributed by atoms with E-state index in [2.05, 4.69) is 0 Å². The second-order valence-corrected chi connectivity index (χ2v) is 4.98. The summed E-state index contributed by atoms with van der Waals surface area (Å²) in [5.41, 5.74) is 6.28. The Labute approximate surface area is 99.4 Å². The molecular formula is C12H16FNOS. The highest BCUT2D eigenvalue weighted by Gasteiger charge is 2.16. The second kappa shape index (κ2) is 5.66. The van der Waals surface area contributed by atoms with Gasteiger partial charge < -0.3 is 10.5 Å². The van der Waals surface area contributed by atoms with Crippen molar-refractivity contribution in [1.82, 2.24) is 0 Å². The Morgan fingerprint density at radius 1 is 1.50 bits per heavy atom. The van der Waals surface area contributed by atoms with Crippen LogP contribution in [-0.4, -0.2) is 18.5 Å². The molecule has 88 valence electrons. The van der Waals surface area contributed by atoms with Crippen molar-refractivity contribution in [3.8, 4) is 0 Å². The van der Waals surface area contributed by atoms with Crippen LogP contribution in [0.2, 0.25) is 0 Å². The maximum Gasteiger partial charge on any atom is 0.137 e. The number of halogens is 1. The van der Waals surface area contributed by atoms with Gasteiger partial charge in [0.2, 0.25) is 0 Å². The van der Waals surface area contributed by atoms with Crippen molar-refractivity contribution in [2.45, 2.75) is 30.4 Å². The molecule has 2 rings (SSSR count). The normalized spacial score (nSPS) is 20.2. The molecule has 16 heavy (non-hydrogen) atoms. The Bertz CT molecular complexity index is 353. The first-order valence-electron chi connectivity index (χ1n) is 5.52. The van der Waals surface area contributed by atoms with Crippen LogP contribution in [0, 0.1) is 5.82 Å². The molecule has 2 N–H and O–H groups in total. The number of ether oxygens (including phenoxy) is 1. The van der Waals surface area contributed by atoms with E-state index in [1.807, 2.05) is 6.07 Å². The van der Waals surface area contributed by atoms with Crippen LogP contribution in [-0.2, 0) is 11.3 Å². The quantitative estimate of drug-likeness (QED) is 0.823. The lowest BCUT2D eigenvalue weighted by Gasteiger charge is -2.09. The average Bonchev–Trinajstić information content (AvgIpc) is 2.80. The smallest absolute Gasteiger partial charge is 0.137 e. The maximum absolute atomic E-state index is 13.6. The van der Waals surface area contributed by atoms with Gasteiger partial charge in [-0.05, 0) is 30.5 Å². The summed E-state index contributed by atoms with van der Waals surface area (Å²) >= 11 is 1.52. The molecule has 0 amide bonds. The Morgan fingerprint density at radius 3 is 3.00 bits per heavy atom. The molecule has 1 atom stereocenters. The third kappa shape index (κ3) is 2.97. The third-order valence-corrected chi connectivity index (χ3v) is 3.86. The molecule has 4 heteroatoms. The van der Waals surface area contributed by atoms with Gasteiger partial charge in [-0.25, -0.2) is 4.39 Å². The monoisotopic (exact) mass is 241 g/mol. The van der Waals surface area contributed by atoms with E-state index in [0.29, 0.717) is 17.5 Å². The van der Waals surface area contributed by atoms with E-state index in [1.54, 1.807) is 6.07 Å². The molecule has 1 aromatic rings. The number of rotatable bonds is 4. The van der Waals surface area contributed by atoms with Crippen molar-refractivity contribution in [3.63, 3.8) is 0 Å². The number of hydrogen-bond acceptors (Lipinski definition) is 3. The van der Waals surface area contributed by atoms with Crippen LogP contribution in [0.25, 0.3) is 0 Å². The molecule has 0 aliphatic carbocycles. The molecule has 0 radical (unpaired) electrons. The summed E-state index contributed by atoms with van der Waals surface area (Å²) in [6.07, 6.45) is 2.51. The molecule has 1 fully saturated rings. The fourth-order valence-electron chi connectivity index (χ4n) is 1.75. The van der Waals surface area contributed by atoms with Crippen LogP contribution in [0.15, 0.2) is 23.1 Å². The van der Waals surface area contributed by atoms with Gasteiger partial charge in [-0.1, -0.05) is 6.07 Å². The van der Waals surface area contributed by atoms with Crippen LogP contribution in [0.1, 0.15) is 18.4 Å². The van der Waals surface area contributed by atoms with E-state index in [-0.39, 0.29) is 5.82 Å². The molecule has 0 bridgehead atoms. The summed E-state index contributed by atoms with van der Waals surface area (Å²) in [7, 11) is 0. The lowest BCUT2D eigenvalue weighted by Crippen LogP contribution is -2.08. The van der Waals surface area contributed by atoms with E-state index in [9.17, 15) is 4.39 Å². The molecule has 0 spiro atoms. The first-order chi connectivity index (χ1) is 7.79. The van der Waals surface area contributed by atoms with Crippen molar-refractivity contribution >= 4 is 11.8 Å². The van der Waals surface area contributed by atoms with Gasteiger partial charge in [0.1, 0.15) is 5.82 Å². The lowest BCUT2D eigenvalue weighted by atomic mass is 10.2. The molecule has 0 saturated carbocycles. The van der Waals surface area contributed by atoms with Gasteiger partial charge in [0.05, 0.1) is 6.10 Å². The molecule has 1 unspecified atom stereocenters. The maximum atomic E-state index is 13.6. The fourth-order valence-corrected chi connectivity index (χ4v) is 2.74. The van der Waals surface area contributed by atoms with Gasteiger partial charge in [-0.2, -0.15) is 0 Å². The SMILES string of the molecule is NCc1ccc(SCC2CCCO2)c(F)c1. The standard InChI is InChI=1S/C12H16FNOS/c13-11-6-9(7-14)3-4-12(11)16-8-10-2-1-5-15-10/h3-4,6,10H,1-2,5,7-8,14H2. The van der Waals surface area contributed by atoms with Gasteiger partial charge in [0.15, 0.2) is 0 Å². The van der Waals surface area contributed by atoms with Gasteiger partial charge in [-0.15, -0.1) is 11.8 Å². The van der Waals surface area contributed by atoms with Crippen molar-refractivity contribution in [2.75, 3.05) is 12.4 Å². The van der Waals surface area contributed by atoms with E-state index in [4.69, 9.17) is 10.5 Å². The third-order valence-electron chi connectivity index (χ3n) is 2.68. The second-order valence-electron chi connectivity index (χ2n) is 3.91. The van der Waals surface area contributed by atoms with E-state index >= 15 is 0 Å². The van der Waals surface area contributed by atoms with Crippen molar-refractivity contribution in [2.24, 2.45) is 5.73 Å². The largest absolute Gasteiger partial charge is 0.377 e. The molecule has 2 nitrogen and oxygen atoms in total. The Hall–Kier alpha value is -0.580. The number of thioether (sulfide) groups is 1. The predicted molar refractivity (Wildman–Crippen MR) is 64.0 cm³/mol. The summed E-state index contributed by atoms with van der Waals surface area (Å²) in [4.78, 5) is 0.688. The highest BCUT2D eigenvalue weighted by atomic mass is 32.2. The highest BCUT2D eigenvalue weighted by molar-refractivity contribution is 7.99. The molecule has 1 saturated heterocycles. The van der Waals surface area contributed by atoms with E-state index in [1.165, 1.54) is 17.8 Å². The Kier molecular flexibility index (Phi) is 4.21. The zero-order valence-corrected chi connectivity index (χ0v) is 9.93. The number of benzene rings is 1. The van der Waals surface area contributed by atoms with Crippen molar-refractivity contribution < 1.29 is 9.13 Å². The summed E-state index contributed by atoms with van der Waals surface area (Å²) in [6.45, 7) is 1.23. The summed E-state index contributed by atoms with van der Waals surface area (Å²) in [5, 5.41) is 0. The number of nitrogens with two attached hydrogens (primary N) is 1. The first kappa shape index (κ1) is 11.9. The topological polar surface area (TPSA) is 35.2 Å². The van der Waals surface area contributed by atoms with E-state index in [0.717, 1.165) is 30.8 Å². The first-order valence-corrected chi connectivity index (χ1v) is 6.51. The molecule has 0 aromatic heterocycles. The van der Waals surface area contributed by atoms with E-state index < -0.39 is 0 Å². The summed E-state index contributed by atoms with van der Waals surface area (Å²) < 4.78 is 19.1. The van der Waals surface area contributed by atoms with Gasteiger partial charge in [0, 0.05) is 23.8 Å².